The van der Waals surface area contributed by atoms with Gasteiger partial charge in [-0.15, -0.1) is 0 Å². The normalized spacial score (nSPS) is 26.8. The Labute approximate surface area is 108 Å². The summed E-state index contributed by atoms with van der Waals surface area (Å²) in [4.78, 5) is 28.0. The van der Waals surface area contributed by atoms with Gasteiger partial charge in [0.25, 0.3) is 0 Å². The van der Waals surface area contributed by atoms with Gasteiger partial charge < -0.3 is 18.8 Å². The first-order valence-corrected chi connectivity index (χ1v) is 7.86. The Morgan fingerprint density at radius 2 is 1.72 bits per heavy atom. The zero-order chi connectivity index (χ0) is 13.6. The van der Waals surface area contributed by atoms with Crippen molar-refractivity contribution in [3.8, 4) is 0 Å². The van der Waals surface area contributed by atoms with E-state index in [1.165, 1.54) is 0 Å². The molecule has 0 amide bonds. The van der Waals surface area contributed by atoms with Crippen LogP contribution in [0.1, 0.15) is 38.3 Å². The van der Waals surface area contributed by atoms with E-state index in [4.69, 9.17) is 4.43 Å². The van der Waals surface area contributed by atoms with Gasteiger partial charge in [0, 0.05) is 0 Å². The Morgan fingerprint density at radius 3 is 2.33 bits per heavy atom. The molecule has 1 atom stereocenters. The third-order valence-electron chi connectivity index (χ3n) is 4.18. The van der Waals surface area contributed by atoms with Crippen LogP contribution in [0.2, 0.25) is 0 Å². The average molecular weight is 268 g/mol. The van der Waals surface area contributed by atoms with Gasteiger partial charge in [-0.25, -0.2) is 0 Å². The van der Waals surface area contributed by atoms with E-state index in [-0.39, 0.29) is 5.41 Å². The standard InChI is InChI=1S/C13H20O4Si/c1-12(2)9-8-10-6-4-5-7-11(10)13(12,3)17-18(14,15)16/h4-7,14-16H,8-9H2,1-3H3/t13-/m0/s1. The summed E-state index contributed by atoms with van der Waals surface area (Å²) < 4.78 is 5.31. The second-order valence-corrected chi connectivity index (χ2v) is 7.10. The van der Waals surface area contributed by atoms with Gasteiger partial charge >= 0.3 is 9.05 Å². The third kappa shape index (κ3) is 2.24. The Balaban J connectivity index is 2.53. The van der Waals surface area contributed by atoms with Crippen molar-refractivity contribution in [3.05, 3.63) is 35.4 Å². The molecule has 2 rings (SSSR count). The fourth-order valence-corrected chi connectivity index (χ4v) is 3.65. The van der Waals surface area contributed by atoms with E-state index < -0.39 is 14.6 Å². The molecule has 0 aliphatic heterocycles. The lowest BCUT2D eigenvalue weighted by atomic mass is 9.64. The van der Waals surface area contributed by atoms with Crippen LogP contribution in [0, 0.1) is 5.41 Å². The van der Waals surface area contributed by atoms with E-state index in [9.17, 15) is 14.4 Å². The van der Waals surface area contributed by atoms with E-state index in [0.717, 1.165) is 24.0 Å². The minimum absolute atomic E-state index is 0.284. The maximum absolute atomic E-state index is 9.32. The molecular weight excluding hydrogens is 248 g/mol. The van der Waals surface area contributed by atoms with Gasteiger partial charge in [0.05, 0.1) is 5.60 Å². The highest BCUT2D eigenvalue weighted by Crippen LogP contribution is 2.50. The van der Waals surface area contributed by atoms with E-state index in [1.807, 2.05) is 45.0 Å². The summed E-state index contributed by atoms with van der Waals surface area (Å²) in [6, 6.07) is 7.80. The summed E-state index contributed by atoms with van der Waals surface area (Å²) in [5.74, 6) is 0. The molecule has 100 valence electrons. The molecule has 0 heterocycles. The number of hydrogen-bond donors (Lipinski definition) is 3. The number of benzene rings is 1. The molecule has 0 aromatic heterocycles. The Bertz CT molecular complexity index is 453. The maximum Gasteiger partial charge on any atom is 0.672 e. The van der Waals surface area contributed by atoms with Crippen LogP contribution in [0.5, 0.6) is 0 Å². The highest BCUT2D eigenvalue weighted by atomic mass is 28.4. The predicted molar refractivity (Wildman–Crippen MR) is 69.4 cm³/mol. The third-order valence-corrected chi connectivity index (χ3v) is 4.87. The summed E-state index contributed by atoms with van der Waals surface area (Å²) in [6.45, 7) is 5.85. The number of aryl methyl sites for hydroxylation is 1. The number of fused-ring (bicyclic) bond motifs is 1. The lowest BCUT2D eigenvalue weighted by Crippen LogP contribution is -2.54. The minimum Gasteiger partial charge on any atom is -0.368 e. The summed E-state index contributed by atoms with van der Waals surface area (Å²) in [6.07, 6.45) is 1.80. The van der Waals surface area contributed by atoms with Crippen molar-refractivity contribution in [2.24, 2.45) is 5.41 Å². The lowest BCUT2D eigenvalue weighted by molar-refractivity contribution is -0.111. The molecule has 3 N–H and O–H groups in total. The molecule has 5 heteroatoms. The summed E-state index contributed by atoms with van der Waals surface area (Å²) in [7, 11) is -4.57. The number of hydrogen-bond acceptors (Lipinski definition) is 4. The van der Waals surface area contributed by atoms with Crippen LogP contribution >= 0.6 is 0 Å². The first kappa shape index (κ1) is 13.7. The van der Waals surface area contributed by atoms with Gasteiger partial charge in [0.1, 0.15) is 0 Å². The van der Waals surface area contributed by atoms with Gasteiger partial charge in [0.15, 0.2) is 0 Å². The van der Waals surface area contributed by atoms with E-state index in [0.29, 0.717) is 0 Å². The largest absolute Gasteiger partial charge is 0.672 e. The van der Waals surface area contributed by atoms with Crippen molar-refractivity contribution in [2.75, 3.05) is 0 Å². The minimum atomic E-state index is -4.57. The molecule has 0 bridgehead atoms. The van der Waals surface area contributed by atoms with Gasteiger partial charge in [-0.05, 0) is 36.3 Å². The fraction of sp³-hybridized carbons (Fsp3) is 0.538. The number of rotatable bonds is 2. The smallest absolute Gasteiger partial charge is 0.368 e. The first-order valence-electron chi connectivity index (χ1n) is 6.11. The van der Waals surface area contributed by atoms with E-state index in [2.05, 4.69) is 0 Å². The summed E-state index contributed by atoms with van der Waals surface area (Å²) in [5.41, 5.74) is 0.882. The van der Waals surface area contributed by atoms with Crippen molar-refractivity contribution in [3.63, 3.8) is 0 Å². The second kappa shape index (κ2) is 4.14. The van der Waals surface area contributed by atoms with Gasteiger partial charge in [-0.1, -0.05) is 38.1 Å². The summed E-state index contributed by atoms with van der Waals surface area (Å²) >= 11 is 0. The SMILES string of the molecule is CC1(C)CCc2ccccc2[C@]1(C)O[Si](O)(O)O. The van der Waals surface area contributed by atoms with Crippen molar-refractivity contribution in [2.45, 2.75) is 39.2 Å². The zero-order valence-electron chi connectivity index (χ0n) is 11.0. The Morgan fingerprint density at radius 1 is 1.11 bits per heavy atom. The predicted octanol–water partition coefficient (Wildman–Crippen LogP) is 1.30. The molecule has 0 radical (unpaired) electrons. The Kier molecular flexibility index (Phi) is 3.15. The zero-order valence-corrected chi connectivity index (χ0v) is 12.0. The van der Waals surface area contributed by atoms with Gasteiger partial charge in [0.2, 0.25) is 0 Å². The molecule has 1 aromatic carbocycles. The maximum atomic E-state index is 9.32. The van der Waals surface area contributed by atoms with Crippen molar-refractivity contribution in [1.82, 2.24) is 0 Å². The quantitative estimate of drug-likeness (QED) is 0.707. The fourth-order valence-electron chi connectivity index (χ4n) is 2.72. The summed E-state index contributed by atoms with van der Waals surface area (Å²) in [5, 5.41) is 0. The van der Waals surface area contributed by atoms with E-state index in [1.54, 1.807) is 0 Å². The molecule has 4 nitrogen and oxygen atoms in total. The average Bonchev–Trinajstić information content (AvgIpc) is 2.23. The van der Waals surface area contributed by atoms with Crippen LogP contribution in [0.3, 0.4) is 0 Å². The molecule has 0 spiro atoms. The van der Waals surface area contributed by atoms with Crippen LogP contribution in [0.25, 0.3) is 0 Å². The van der Waals surface area contributed by atoms with Crippen LogP contribution in [-0.4, -0.2) is 23.4 Å². The van der Waals surface area contributed by atoms with Crippen LogP contribution in [-0.2, 0) is 16.4 Å². The highest BCUT2D eigenvalue weighted by molar-refractivity contribution is 6.48. The Hall–Kier alpha value is -0.723. The van der Waals surface area contributed by atoms with Crippen LogP contribution < -0.4 is 0 Å². The van der Waals surface area contributed by atoms with Crippen LogP contribution in [0.15, 0.2) is 24.3 Å². The van der Waals surface area contributed by atoms with Gasteiger partial charge in [-0.3, -0.25) is 0 Å². The van der Waals surface area contributed by atoms with E-state index >= 15 is 0 Å². The molecule has 1 aliphatic rings. The topological polar surface area (TPSA) is 69.9 Å². The highest BCUT2D eigenvalue weighted by Gasteiger charge is 2.52. The molecule has 1 aromatic rings. The van der Waals surface area contributed by atoms with Crippen molar-refractivity contribution in [1.29, 1.82) is 0 Å². The van der Waals surface area contributed by atoms with Crippen molar-refractivity contribution >= 4 is 9.05 Å². The first-order chi connectivity index (χ1) is 8.16. The van der Waals surface area contributed by atoms with Crippen LogP contribution in [0.4, 0.5) is 0 Å². The molecule has 1 aliphatic carbocycles. The van der Waals surface area contributed by atoms with Crippen molar-refractivity contribution < 1.29 is 18.8 Å². The molecule has 0 unspecified atom stereocenters. The molecule has 18 heavy (non-hydrogen) atoms. The monoisotopic (exact) mass is 268 g/mol. The molecular formula is C13H20O4Si. The second-order valence-electron chi connectivity index (χ2n) is 5.75. The lowest BCUT2D eigenvalue weighted by Gasteiger charge is -2.49. The molecule has 0 saturated heterocycles. The van der Waals surface area contributed by atoms with Gasteiger partial charge in [-0.2, -0.15) is 0 Å². The molecule has 0 fully saturated rings. The molecule has 0 saturated carbocycles.